The number of anilines is 2. The smallest absolute Gasteiger partial charge is 0.338 e. The Kier molecular flexibility index (Phi) is 6.41. The predicted molar refractivity (Wildman–Crippen MR) is 119 cm³/mol. The molecule has 1 N–H and O–H groups in total. The SMILES string of the molecule is COC(=O)c1cccc(NC(=O)c2cccc(N(C)S(=O)(=O)c3ccccc3)c2)c1C. The minimum Gasteiger partial charge on any atom is -0.465 e. The van der Waals surface area contributed by atoms with Crippen LogP contribution in [0.3, 0.4) is 0 Å². The summed E-state index contributed by atoms with van der Waals surface area (Å²) in [6.07, 6.45) is 0. The maximum atomic E-state index is 12.9. The number of methoxy groups -OCH3 is 1. The first-order chi connectivity index (χ1) is 14.8. The summed E-state index contributed by atoms with van der Waals surface area (Å²) in [6.45, 7) is 1.71. The van der Waals surface area contributed by atoms with Crippen molar-refractivity contribution in [3.05, 3.63) is 89.5 Å². The summed E-state index contributed by atoms with van der Waals surface area (Å²) in [5.74, 6) is -0.930. The fourth-order valence-electron chi connectivity index (χ4n) is 3.03. The minimum atomic E-state index is -3.77. The second kappa shape index (κ2) is 9.01. The van der Waals surface area contributed by atoms with Crippen molar-refractivity contribution in [3.8, 4) is 0 Å². The van der Waals surface area contributed by atoms with Crippen LogP contribution in [0, 0.1) is 6.92 Å². The molecule has 7 nitrogen and oxygen atoms in total. The fraction of sp³-hybridized carbons (Fsp3) is 0.130. The normalized spacial score (nSPS) is 10.9. The van der Waals surface area contributed by atoms with Crippen LogP contribution in [0.15, 0.2) is 77.7 Å². The standard InChI is InChI=1S/C23H22N2O5S/c1-16-20(23(27)30-3)13-8-14-21(16)24-22(26)17-9-7-10-18(15-17)25(2)31(28,29)19-11-5-4-6-12-19/h4-15H,1-3H3,(H,24,26). The molecule has 0 aliphatic rings. The number of benzene rings is 3. The Balaban J connectivity index is 1.87. The number of hydrogen-bond donors (Lipinski definition) is 1. The monoisotopic (exact) mass is 438 g/mol. The van der Waals surface area contributed by atoms with Crippen molar-refractivity contribution in [2.45, 2.75) is 11.8 Å². The molecule has 0 saturated carbocycles. The number of esters is 1. The van der Waals surface area contributed by atoms with Gasteiger partial charge in [-0.2, -0.15) is 0 Å². The summed E-state index contributed by atoms with van der Waals surface area (Å²) in [6, 6.07) is 19.3. The molecular weight excluding hydrogens is 416 g/mol. The van der Waals surface area contributed by atoms with Gasteiger partial charge in [0.15, 0.2) is 0 Å². The lowest BCUT2D eigenvalue weighted by Gasteiger charge is -2.20. The van der Waals surface area contributed by atoms with E-state index >= 15 is 0 Å². The van der Waals surface area contributed by atoms with Crippen LogP contribution in [-0.4, -0.2) is 34.5 Å². The number of amides is 1. The molecule has 3 rings (SSSR count). The molecule has 0 unspecified atom stereocenters. The van der Waals surface area contributed by atoms with E-state index in [0.29, 0.717) is 22.5 Å². The Labute approximate surface area is 181 Å². The van der Waals surface area contributed by atoms with Gasteiger partial charge in [0.1, 0.15) is 0 Å². The van der Waals surface area contributed by atoms with Gasteiger partial charge in [0.2, 0.25) is 0 Å². The van der Waals surface area contributed by atoms with Crippen LogP contribution in [0.5, 0.6) is 0 Å². The van der Waals surface area contributed by atoms with Crippen LogP contribution in [-0.2, 0) is 14.8 Å². The van der Waals surface area contributed by atoms with Crippen LogP contribution in [0.4, 0.5) is 11.4 Å². The highest BCUT2D eigenvalue weighted by atomic mass is 32.2. The molecule has 3 aromatic rings. The van der Waals surface area contributed by atoms with E-state index in [4.69, 9.17) is 4.74 Å². The third kappa shape index (κ3) is 4.59. The minimum absolute atomic E-state index is 0.155. The first-order valence-electron chi connectivity index (χ1n) is 9.39. The lowest BCUT2D eigenvalue weighted by atomic mass is 10.1. The molecule has 0 fully saturated rings. The molecule has 160 valence electrons. The van der Waals surface area contributed by atoms with Crippen LogP contribution in [0.25, 0.3) is 0 Å². The highest BCUT2D eigenvalue weighted by Crippen LogP contribution is 2.24. The Morgan fingerprint density at radius 1 is 0.935 bits per heavy atom. The molecule has 1 amide bonds. The summed E-state index contributed by atoms with van der Waals surface area (Å²) in [7, 11) is -1.04. The number of rotatable bonds is 6. The molecular formula is C23H22N2O5S. The zero-order chi connectivity index (χ0) is 22.6. The van der Waals surface area contributed by atoms with E-state index in [1.54, 1.807) is 61.5 Å². The van der Waals surface area contributed by atoms with E-state index < -0.39 is 21.9 Å². The van der Waals surface area contributed by atoms with Gasteiger partial charge < -0.3 is 10.1 Å². The van der Waals surface area contributed by atoms with Crippen LogP contribution < -0.4 is 9.62 Å². The number of nitrogens with one attached hydrogen (secondary N) is 1. The third-order valence-electron chi connectivity index (χ3n) is 4.86. The predicted octanol–water partition coefficient (Wildman–Crippen LogP) is 3.86. The molecule has 0 radical (unpaired) electrons. The van der Waals surface area contributed by atoms with Crippen molar-refractivity contribution in [2.75, 3.05) is 23.8 Å². The van der Waals surface area contributed by atoms with Gasteiger partial charge in [-0.15, -0.1) is 0 Å². The highest BCUT2D eigenvalue weighted by Gasteiger charge is 2.22. The number of sulfonamides is 1. The first-order valence-corrected chi connectivity index (χ1v) is 10.8. The van der Waals surface area contributed by atoms with E-state index in [1.807, 2.05) is 0 Å². The third-order valence-corrected chi connectivity index (χ3v) is 6.66. The Bertz CT molecular complexity index is 1220. The van der Waals surface area contributed by atoms with Gasteiger partial charge in [0.05, 0.1) is 23.3 Å². The highest BCUT2D eigenvalue weighted by molar-refractivity contribution is 7.92. The van der Waals surface area contributed by atoms with Crippen LogP contribution in [0.2, 0.25) is 0 Å². The topological polar surface area (TPSA) is 92.8 Å². The van der Waals surface area contributed by atoms with Crippen molar-refractivity contribution in [2.24, 2.45) is 0 Å². The first kappa shape index (κ1) is 22.0. The molecule has 0 spiro atoms. The number of carbonyl (C=O) groups is 2. The van der Waals surface area contributed by atoms with Crippen LogP contribution >= 0.6 is 0 Å². The summed E-state index contributed by atoms with van der Waals surface area (Å²) >= 11 is 0. The van der Waals surface area contributed by atoms with Crippen LogP contribution in [0.1, 0.15) is 26.3 Å². The average molecular weight is 439 g/mol. The van der Waals surface area contributed by atoms with E-state index in [9.17, 15) is 18.0 Å². The van der Waals surface area contributed by atoms with Gasteiger partial charge in [0, 0.05) is 18.3 Å². The lowest BCUT2D eigenvalue weighted by molar-refractivity contribution is 0.0599. The zero-order valence-electron chi connectivity index (χ0n) is 17.3. The molecule has 31 heavy (non-hydrogen) atoms. The summed E-state index contributed by atoms with van der Waals surface area (Å²) < 4.78 is 31.6. The summed E-state index contributed by atoms with van der Waals surface area (Å²) in [5, 5.41) is 2.77. The van der Waals surface area contributed by atoms with E-state index in [-0.39, 0.29) is 10.5 Å². The van der Waals surface area contributed by atoms with E-state index in [1.165, 1.54) is 32.4 Å². The summed E-state index contributed by atoms with van der Waals surface area (Å²) in [5.41, 5.74) is 2.00. The van der Waals surface area contributed by atoms with Gasteiger partial charge in [-0.1, -0.05) is 30.3 Å². The number of hydrogen-bond acceptors (Lipinski definition) is 5. The van der Waals surface area contributed by atoms with Gasteiger partial charge in [-0.25, -0.2) is 13.2 Å². The molecule has 0 aliphatic carbocycles. The number of nitrogens with zero attached hydrogens (tertiary/aromatic N) is 1. The molecule has 0 aliphatic heterocycles. The van der Waals surface area contributed by atoms with Crippen molar-refractivity contribution >= 4 is 33.3 Å². The number of carbonyl (C=O) groups excluding carboxylic acids is 2. The lowest BCUT2D eigenvalue weighted by Crippen LogP contribution is -2.26. The number of ether oxygens (including phenoxy) is 1. The molecule has 0 bridgehead atoms. The van der Waals surface area contributed by atoms with Crippen molar-refractivity contribution in [3.63, 3.8) is 0 Å². The molecule has 0 aromatic heterocycles. The Morgan fingerprint density at radius 3 is 2.29 bits per heavy atom. The molecule has 0 heterocycles. The molecule has 0 saturated heterocycles. The fourth-order valence-corrected chi connectivity index (χ4v) is 4.24. The second-order valence-corrected chi connectivity index (χ2v) is 8.73. The van der Waals surface area contributed by atoms with E-state index in [0.717, 1.165) is 4.31 Å². The average Bonchev–Trinajstić information content (AvgIpc) is 2.80. The molecule has 3 aromatic carbocycles. The van der Waals surface area contributed by atoms with Gasteiger partial charge >= 0.3 is 5.97 Å². The maximum Gasteiger partial charge on any atom is 0.338 e. The van der Waals surface area contributed by atoms with Crippen molar-refractivity contribution in [1.82, 2.24) is 0 Å². The molecule has 0 atom stereocenters. The Hall–Kier alpha value is -3.65. The van der Waals surface area contributed by atoms with Crippen molar-refractivity contribution < 1.29 is 22.7 Å². The van der Waals surface area contributed by atoms with Gasteiger partial charge in [0.25, 0.3) is 15.9 Å². The largest absolute Gasteiger partial charge is 0.465 e. The Morgan fingerprint density at radius 2 is 1.61 bits per heavy atom. The van der Waals surface area contributed by atoms with E-state index in [2.05, 4.69) is 5.32 Å². The molecule has 8 heteroatoms. The van der Waals surface area contributed by atoms with Crippen molar-refractivity contribution in [1.29, 1.82) is 0 Å². The van der Waals surface area contributed by atoms with Gasteiger partial charge in [-0.3, -0.25) is 9.10 Å². The summed E-state index contributed by atoms with van der Waals surface area (Å²) in [4.78, 5) is 24.8. The zero-order valence-corrected chi connectivity index (χ0v) is 18.1. The quantitative estimate of drug-likeness (QED) is 0.590. The maximum absolute atomic E-state index is 12.9. The second-order valence-electron chi connectivity index (χ2n) is 6.76. The van der Waals surface area contributed by atoms with Gasteiger partial charge in [-0.05, 0) is 55.0 Å².